The van der Waals surface area contributed by atoms with E-state index >= 15 is 0 Å². The Bertz CT molecular complexity index is 1030. The van der Waals surface area contributed by atoms with E-state index in [4.69, 9.17) is 0 Å². The van der Waals surface area contributed by atoms with Crippen LogP contribution >= 0.6 is 0 Å². The van der Waals surface area contributed by atoms with Crippen molar-refractivity contribution in [3.8, 4) is 0 Å². The fraction of sp³-hybridized carbons (Fsp3) is 0.148. The van der Waals surface area contributed by atoms with Crippen molar-refractivity contribution in [3.63, 3.8) is 0 Å². The third-order valence-corrected chi connectivity index (χ3v) is 5.43. The van der Waals surface area contributed by atoms with Crippen LogP contribution in [0.15, 0.2) is 108 Å². The van der Waals surface area contributed by atoms with E-state index in [0.29, 0.717) is 5.92 Å². The lowest BCUT2D eigenvalue weighted by atomic mass is 9.89. The van der Waals surface area contributed by atoms with Gasteiger partial charge >= 0.3 is 0 Å². The van der Waals surface area contributed by atoms with E-state index in [1.165, 1.54) is 16.7 Å². The molecule has 0 spiro atoms. The van der Waals surface area contributed by atoms with Gasteiger partial charge in [-0.2, -0.15) is 0 Å². The SMILES string of the molecule is C=Nc1ccccc1N(CC1=CCC(c2ccc(C)cc2)C=C1)c1ccccc1. The van der Waals surface area contributed by atoms with E-state index in [0.717, 1.165) is 30.0 Å². The molecule has 3 aromatic carbocycles. The molecular formula is C27H26N2. The maximum absolute atomic E-state index is 4.24. The van der Waals surface area contributed by atoms with E-state index in [1.54, 1.807) is 0 Å². The molecule has 1 atom stereocenters. The highest BCUT2D eigenvalue weighted by Gasteiger charge is 2.16. The van der Waals surface area contributed by atoms with Crippen molar-refractivity contribution >= 4 is 23.8 Å². The summed E-state index contributed by atoms with van der Waals surface area (Å²) in [4.78, 5) is 6.55. The predicted octanol–water partition coefficient (Wildman–Crippen LogP) is 7.14. The zero-order valence-corrected chi connectivity index (χ0v) is 16.8. The van der Waals surface area contributed by atoms with Gasteiger partial charge in [0.2, 0.25) is 0 Å². The molecule has 0 amide bonds. The Kier molecular flexibility index (Phi) is 5.71. The highest BCUT2D eigenvalue weighted by Crippen LogP contribution is 2.35. The summed E-state index contributed by atoms with van der Waals surface area (Å²) in [5.74, 6) is 0.451. The third kappa shape index (κ3) is 4.38. The topological polar surface area (TPSA) is 15.6 Å². The van der Waals surface area contributed by atoms with E-state index in [-0.39, 0.29) is 0 Å². The van der Waals surface area contributed by atoms with Crippen molar-refractivity contribution < 1.29 is 0 Å². The Hall–Kier alpha value is -3.39. The molecule has 0 bridgehead atoms. The molecule has 2 heteroatoms. The molecule has 0 heterocycles. The number of hydrogen-bond acceptors (Lipinski definition) is 2. The molecule has 2 nitrogen and oxygen atoms in total. The number of para-hydroxylation sites is 3. The monoisotopic (exact) mass is 378 g/mol. The average molecular weight is 379 g/mol. The molecule has 144 valence electrons. The van der Waals surface area contributed by atoms with Crippen LogP contribution in [0, 0.1) is 6.92 Å². The van der Waals surface area contributed by atoms with Gasteiger partial charge in [-0.3, -0.25) is 4.99 Å². The minimum atomic E-state index is 0.451. The number of aliphatic imine (C=N–C) groups is 1. The van der Waals surface area contributed by atoms with Crippen LogP contribution in [0.25, 0.3) is 0 Å². The Morgan fingerprint density at radius 1 is 0.931 bits per heavy atom. The average Bonchev–Trinajstić information content (AvgIpc) is 2.79. The highest BCUT2D eigenvalue weighted by atomic mass is 15.1. The van der Waals surface area contributed by atoms with Gasteiger partial charge < -0.3 is 4.90 Å². The summed E-state index contributed by atoms with van der Waals surface area (Å²) in [6.45, 7) is 6.69. The van der Waals surface area contributed by atoms with Crippen molar-refractivity contribution in [2.24, 2.45) is 4.99 Å². The summed E-state index contributed by atoms with van der Waals surface area (Å²) in [6, 6.07) is 27.5. The number of aryl methyl sites for hydroxylation is 1. The van der Waals surface area contributed by atoms with Gasteiger partial charge in [-0.25, -0.2) is 0 Å². The lowest BCUT2D eigenvalue weighted by Crippen LogP contribution is -2.20. The zero-order valence-electron chi connectivity index (χ0n) is 16.8. The standard InChI is InChI=1S/C27H26N2/c1-21-12-16-23(17-13-21)24-18-14-22(15-19-24)20-29(25-8-4-3-5-9-25)27-11-7-6-10-26(27)28-2/h3-18,24H,2,19-20H2,1H3. The summed E-state index contributed by atoms with van der Waals surface area (Å²) in [6.07, 6.45) is 8.00. The molecule has 0 radical (unpaired) electrons. The Morgan fingerprint density at radius 3 is 2.34 bits per heavy atom. The minimum absolute atomic E-state index is 0.451. The fourth-order valence-electron chi connectivity index (χ4n) is 3.77. The Balaban J connectivity index is 1.58. The number of benzene rings is 3. The van der Waals surface area contributed by atoms with Crippen molar-refractivity contribution in [1.29, 1.82) is 0 Å². The first-order chi connectivity index (χ1) is 14.2. The second-order valence-electron chi connectivity index (χ2n) is 7.46. The first-order valence-corrected chi connectivity index (χ1v) is 10.1. The number of nitrogens with zero attached hydrogens (tertiary/aromatic N) is 2. The highest BCUT2D eigenvalue weighted by molar-refractivity contribution is 5.76. The molecule has 0 saturated heterocycles. The van der Waals surface area contributed by atoms with E-state index in [2.05, 4.69) is 102 Å². The van der Waals surface area contributed by atoms with Crippen LogP contribution in [-0.2, 0) is 0 Å². The van der Waals surface area contributed by atoms with Crippen LogP contribution in [0.2, 0.25) is 0 Å². The lowest BCUT2D eigenvalue weighted by molar-refractivity contribution is 0.837. The zero-order chi connectivity index (χ0) is 20.1. The van der Waals surface area contributed by atoms with Crippen molar-refractivity contribution in [2.45, 2.75) is 19.3 Å². The second kappa shape index (κ2) is 8.74. The van der Waals surface area contributed by atoms with Gasteiger partial charge in [0, 0.05) is 18.2 Å². The van der Waals surface area contributed by atoms with Gasteiger partial charge in [0.05, 0.1) is 11.4 Å². The minimum Gasteiger partial charge on any atom is -0.335 e. The van der Waals surface area contributed by atoms with Gasteiger partial charge in [0.25, 0.3) is 0 Å². The van der Waals surface area contributed by atoms with Crippen LogP contribution in [0.4, 0.5) is 17.1 Å². The summed E-state index contributed by atoms with van der Waals surface area (Å²) in [7, 11) is 0. The maximum Gasteiger partial charge on any atom is 0.0859 e. The van der Waals surface area contributed by atoms with Gasteiger partial charge in [-0.1, -0.05) is 78.4 Å². The predicted molar refractivity (Wildman–Crippen MR) is 125 cm³/mol. The molecule has 29 heavy (non-hydrogen) atoms. The molecule has 0 N–H and O–H groups in total. The van der Waals surface area contributed by atoms with Crippen LogP contribution in [0.3, 0.4) is 0 Å². The van der Waals surface area contributed by atoms with Crippen molar-refractivity contribution in [1.82, 2.24) is 0 Å². The lowest BCUT2D eigenvalue weighted by Gasteiger charge is -2.28. The summed E-state index contributed by atoms with van der Waals surface area (Å²) in [5.41, 5.74) is 7.12. The van der Waals surface area contributed by atoms with Crippen LogP contribution in [-0.4, -0.2) is 13.3 Å². The second-order valence-corrected chi connectivity index (χ2v) is 7.46. The first kappa shape index (κ1) is 18.9. The smallest absolute Gasteiger partial charge is 0.0859 e. The molecule has 0 aliphatic heterocycles. The maximum atomic E-state index is 4.24. The third-order valence-electron chi connectivity index (χ3n) is 5.43. The molecule has 3 aromatic rings. The van der Waals surface area contributed by atoms with Crippen LogP contribution in [0.1, 0.15) is 23.5 Å². The normalized spacial score (nSPS) is 15.6. The molecular weight excluding hydrogens is 352 g/mol. The van der Waals surface area contributed by atoms with Gasteiger partial charge in [-0.05, 0) is 55.5 Å². The molecule has 0 aromatic heterocycles. The quantitative estimate of drug-likeness (QED) is 0.416. The van der Waals surface area contributed by atoms with Crippen LogP contribution < -0.4 is 4.90 Å². The molecule has 0 saturated carbocycles. The Labute approximate surface area is 173 Å². The number of hydrogen-bond donors (Lipinski definition) is 0. The van der Waals surface area contributed by atoms with E-state index in [1.807, 2.05) is 18.2 Å². The molecule has 4 rings (SSSR count). The summed E-state index contributed by atoms with van der Waals surface area (Å²) in [5, 5.41) is 0. The fourth-order valence-corrected chi connectivity index (χ4v) is 3.77. The molecule has 0 fully saturated rings. The summed E-state index contributed by atoms with van der Waals surface area (Å²) >= 11 is 0. The van der Waals surface area contributed by atoms with Gasteiger partial charge in [-0.15, -0.1) is 0 Å². The molecule has 1 unspecified atom stereocenters. The summed E-state index contributed by atoms with van der Waals surface area (Å²) < 4.78 is 0. The van der Waals surface area contributed by atoms with Crippen molar-refractivity contribution in [2.75, 3.05) is 11.4 Å². The van der Waals surface area contributed by atoms with E-state index in [9.17, 15) is 0 Å². The molecule has 1 aliphatic carbocycles. The van der Waals surface area contributed by atoms with Gasteiger partial charge in [0.1, 0.15) is 0 Å². The van der Waals surface area contributed by atoms with Crippen LogP contribution in [0.5, 0.6) is 0 Å². The molecule has 1 aliphatic rings. The number of allylic oxidation sites excluding steroid dienone is 2. The number of rotatable bonds is 6. The number of anilines is 2. The van der Waals surface area contributed by atoms with Crippen molar-refractivity contribution in [3.05, 3.63) is 114 Å². The van der Waals surface area contributed by atoms with Gasteiger partial charge in [0.15, 0.2) is 0 Å². The largest absolute Gasteiger partial charge is 0.335 e. The van der Waals surface area contributed by atoms with E-state index < -0.39 is 0 Å². The first-order valence-electron chi connectivity index (χ1n) is 10.1. The Morgan fingerprint density at radius 2 is 1.66 bits per heavy atom.